The number of hydrogen-bond donors (Lipinski definition) is 2. The van der Waals surface area contributed by atoms with Crippen LogP contribution in [0, 0.1) is 0 Å². The van der Waals surface area contributed by atoms with Crippen molar-refractivity contribution in [2.75, 3.05) is 19.7 Å². The molecule has 0 saturated carbocycles. The van der Waals surface area contributed by atoms with E-state index in [1.807, 2.05) is 30.3 Å². The maximum atomic E-state index is 11.9. The number of benzene rings is 1. The van der Waals surface area contributed by atoms with Crippen LogP contribution in [-0.2, 0) is 4.74 Å². The van der Waals surface area contributed by atoms with Gasteiger partial charge in [0.1, 0.15) is 0 Å². The van der Waals surface area contributed by atoms with Gasteiger partial charge in [-0.2, -0.15) is 0 Å². The zero-order valence-corrected chi connectivity index (χ0v) is 15.2. The molecule has 0 aliphatic carbocycles. The molecule has 0 bridgehead atoms. The second-order valence-electron chi connectivity index (χ2n) is 5.47. The molecule has 2 N–H and O–H groups in total. The summed E-state index contributed by atoms with van der Waals surface area (Å²) in [5.74, 6) is 0. The maximum Gasteiger partial charge on any atom is 0.409 e. The molecule has 2 rings (SSSR count). The molecule has 3 amide bonds. The van der Waals surface area contributed by atoms with Crippen LogP contribution in [0.2, 0.25) is 0 Å². The van der Waals surface area contributed by atoms with Gasteiger partial charge in [0, 0.05) is 29.8 Å². The highest BCUT2D eigenvalue weighted by Gasteiger charge is 2.24. The molecule has 0 atom stereocenters. The fourth-order valence-corrected chi connectivity index (χ4v) is 2.89. The first kappa shape index (κ1) is 18.3. The fourth-order valence-electron chi connectivity index (χ4n) is 2.47. The van der Waals surface area contributed by atoms with Gasteiger partial charge in [0.25, 0.3) is 0 Å². The Morgan fingerprint density at radius 1 is 1.38 bits per heavy atom. The molecule has 1 heterocycles. The minimum atomic E-state index is -0.280. The molecule has 0 aromatic heterocycles. The number of carbonyl (C=O) groups is 2. The van der Waals surface area contributed by atoms with Gasteiger partial charge in [0.2, 0.25) is 0 Å². The third kappa shape index (κ3) is 5.88. The van der Waals surface area contributed by atoms with Crippen molar-refractivity contribution in [2.24, 2.45) is 0 Å². The topological polar surface area (TPSA) is 70.7 Å². The molecule has 1 fully saturated rings. The number of hydrogen-bond acceptors (Lipinski definition) is 3. The summed E-state index contributed by atoms with van der Waals surface area (Å²) in [5.41, 5.74) is 0.993. The summed E-state index contributed by atoms with van der Waals surface area (Å²) in [6, 6.07) is 7.61. The molecule has 6 nitrogen and oxygen atoms in total. The van der Waals surface area contributed by atoms with Gasteiger partial charge in [0.15, 0.2) is 0 Å². The average molecular weight is 396 g/mol. The van der Waals surface area contributed by atoms with Crippen molar-refractivity contribution in [3.8, 4) is 0 Å². The highest BCUT2D eigenvalue weighted by Crippen LogP contribution is 2.13. The van der Waals surface area contributed by atoms with Crippen molar-refractivity contribution in [1.29, 1.82) is 0 Å². The number of urea groups is 1. The lowest BCUT2D eigenvalue weighted by atomic mass is 10.1. The van der Waals surface area contributed by atoms with E-state index in [9.17, 15) is 9.59 Å². The normalized spacial score (nSPS) is 15.3. The van der Waals surface area contributed by atoms with Gasteiger partial charge in [-0.25, -0.2) is 9.59 Å². The first-order valence-electron chi connectivity index (χ1n) is 7.99. The molecule has 24 heavy (non-hydrogen) atoms. The van der Waals surface area contributed by atoms with Crippen LogP contribution in [0.5, 0.6) is 0 Å². The Bertz CT molecular complexity index is 598. The Morgan fingerprint density at radius 3 is 2.79 bits per heavy atom. The molecule has 1 aromatic rings. The van der Waals surface area contributed by atoms with Crippen LogP contribution in [-0.4, -0.2) is 42.8 Å². The Balaban J connectivity index is 1.71. The quantitative estimate of drug-likeness (QED) is 0.820. The molecule has 1 aliphatic rings. The SMILES string of the molecule is CCOC(=O)N1CCC(NC(=O)N/C=C/c2cccc(Br)c2)CC1. The van der Waals surface area contributed by atoms with Crippen molar-refractivity contribution in [1.82, 2.24) is 15.5 Å². The summed E-state index contributed by atoms with van der Waals surface area (Å²) in [6.45, 7) is 3.36. The number of likely N-dealkylation sites (tertiary alicyclic amines) is 1. The number of nitrogens with one attached hydrogen (secondary N) is 2. The van der Waals surface area contributed by atoms with E-state index in [-0.39, 0.29) is 18.2 Å². The van der Waals surface area contributed by atoms with Crippen LogP contribution in [0.25, 0.3) is 6.08 Å². The number of nitrogens with zero attached hydrogens (tertiary/aromatic N) is 1. The second kappa shape index (κ2) is 9.32. The van der Waals surface area contributed by atoms with Crippen molar-refractivity contribution in [3.05, 3.63) is 40.5 Å². The van der Waals surface area contributed by atoms with Gasteiger partial charge in [-0.05, 0) is 43.5 Å². The Labute approximate surface area is 150 Å². The van der Waals surface area contributed by atoms with E-state index < -0.39 is 0 Å². The van der Waals surface area contributed by atoms with E-state index in [0.717, 1.165) is 22.9 Å². The maximum absolute atomic E-state index is 11.9. The molecule has 0 spiro atoms. The summed E-state index contributed by atoms with van der Waals surface area (Å²) in [6.07, 6.45) is 4.61. The Kier molecular flexibility index (Phi) is 7.11. The number of halogens is 1. The fraction of sp³-hybridized carbons (Fsp3) is 0.412. The van der Waals surface area contributed by atoms with Crippen LogP contribution in [0.4, 0.5) is 9.59 Å². The van der Waals surface area contributed by atoms with Crippen LogP contribution < -0.4 is 10.6 Å². The van der Waals surface area contributed by atoms with Crippen molar-refractivity contribution >= 4 is 34.1 Å². The van der Waals surface area contributed by atoms with Crippen molar-refractivity contribution < 1.29 is 14.3 Å². The summed E-state index contributed by atoms with van der Waals surface area (Å²) in [4.78, 5) is 25.2. The smallest absolute Gasteiger partial charge is 0.409 e. The average Bonchev–Trinajstić information content (AvgIpc) is 2.56. The van der Waals surface area contributed by atoms with E-state index in [1.165, 1.54) is 0 Å². The van der Waals surface area contributed by atoms with E-state index >= 15 is 0 Å². The van der Waals surface area contributed by atoms with E-state index in [4.69, 9.17) is 4.74 Å². The van der Waals surface area contributed by atoms with Crippen LogP contribution in [0.1, 0.15) is 25.3 Å². The number of amides is 3. The third-order valence-corrected chi connectivity index (χ3v) is 4.19. The minimum absolute atomic E-state index is 0.0648. The van der Waals surface area contributed by atoms with Gasteiger partial charge in [0.05, 0.1) is 6.61 Å². The van der Waals surface area contributed by atoms with E-state index in [0.29, 0.717) is 19.7 Å². The molecule has 7 heteroatoms. The Hall–Kier alpha value is -2.02. The lowest BCUT2D eigenvalue weighted by molar-refractivity contribution is 0.0958. The van der Waals surface area contributed by atoms with E-state index in [2.05, 4.69) is 26.6 Å². The first-order valence-corrected chi connectivity index (χ1v) is 8.78. The van der Waals surface area contributed by atoms with Gasteiger partial charge in [-0.15, -0.1) is 0 Å². The molecular formula is C17H22BrN3O3. The van der Waals surface area contributed by atoms with Crippen LogP contribution in [0.15, 0.2) is 34.9 Å². The van der Waals surface area contributed by atoms with Gasteiger partial charge >= 0.3 is 12.1 Å². The van der Waals surface area contributed by atoms with E-state index in [1.54, 1.807) is 18.0 Å². The van der Waals surface area contributed by atoms with Crippen molar-refractivity contribution in [2.45, 2.75) is 25.8 Å². The highest BCUT2D eigenvalue weighted by molar-refractivity contribution is 9.10. The molecule has 130 valence electrons. The molecule has 1 aromatic carbocycles. The second-order valence-corrected chi connectivity index (χ2v) is 6.38. The summed E-state index contributed by atoms with van der Waals surface area (Å²) in [5, 5.41) is 5.62. The van der Waals surface area contributed by atoms with Crippen LogP contribution in [0.3, 0.4) is 0 Å². The largest absolute Gasteiger partial charge is 0.450 e. The summed E-state index contributed by atoms with van der Waals surface area (Å²) in [7, 11) is 0. The zero-order chi connectivity index (χ0) is 17.4. The Morgan fingerprint density at radius 2 is 2.12 bits per heavy atom. The highest BCUT2D eigenvalue weighted by atomic mass is 79.9. The molecule has 0 unspecified atom stereocenters. The first-order chi connectivity index (χ1) is 11.6. The molecule has 1 aliphatic heterocycles. The lowest BCUT2D eigenvalue weighted by Crippen LogP contribution is -2.48. The number of piperidine rings is 1. The third-order valence-electron chi connectivity index (χ3n) is 3.70. The van der Waals surface area contributed by atoms with Crippen LogP contribution >= 0.6 is 15.9 Å². The summed E-state index contributed by atoms with van der Waals surface area (Å²) >= 11 is 3.40. The molecule has 0 radical (unpaired) electrons. The molecular weight excluding hydrogens is 374 g/mol. The predicted octanol–water partition coefficient (Wildman–Crippen LogP) is 3.34. The van der Waals surface area contributed by atoms with Gasteiger partial charge < -0.3 is 20.3 Å². The number of rotatable bonds is 4. The molecule has 1 saturated heterocycles. The zero-order valence-electron chi connectivity index (χ0n) is 13.6. The predicted molar refractivity (Wildman–Crippen MR) is 96.5 cm³/mol. The minimum Gasteiger partial charge on any atom is -0.450 e. The summed E-state index contributed by atoms with van der Waals surface area (Å²) < 4.78 is 5.96. The number of carbonyl (C=O) groups excluding carboxylic acids is 2. The monoisotopic (exact) mass is 395 g/mol. The standard InChI is InChI=1S/C17H22BrN3O3/c1-2-24-17(23)21-10-7-15(8-11-21)20-16(22)19-9-6-13-4-3-5-14(18)12-13/h3-6,9,12,15H,2,7-8,10-11H2,1H3,(H2,19,20,22)/b9-6+. The lowest BCUT2D eigenvalue weighted by Gasteiger charge is -2.31. The van der Waals surface area contributed by atoms with Gasteiger partial charge in [-0.1, -0.05) is 28.1 Å². The van der Waals surface area contributed by atoms with Crippen molar-refractivity contribution in [3.63, 3.8) is 0 Å². The van der Waals surface area contributed by atoms with Gasteiger partial charge in [-0.3, -0.25) is 0 Å². The number of ether oxygens (including phenoxy) is 1.